The van der Waals surface area contributed by atoms with E-state index in [-0.39, 0.29) is 17.2 Å². The zero-order valence-corrected chi connectivity index (χ0v) is 11.9. The van der Waals surface area contributed by atoms with Crippen LogP contribution in [0.3, 0.4) is 0 Å². The molecule has 1 aromatic heterocycles. The summed E-state index contributed by atoms with van der Waals surface area (Å²) in [7, 11) is 0. The number of carbonyl (C=O) groups is 3. The first kappa shape index (κ1) is 14.7. The molecule has 3 N–H and O–H groups in total. The number of rotatable bonds is 4. The maximum atomic E-state index is 12.1. The molecule has 6 nitrogen and oxygen atoms in total. The van der Waals surface area contributed by atoms with Gasteiger partial charge < -0.3 is 15.7 Å². The van der Waals surface area contributed by atoms with E-state index >= 15 is 0 Å². The highest BCUT2D eigenvalue weighted by Crippen LogP contribution is 2.22. The summed E-state index contributed by atoms with van der Waals surface area (Å²) in [5.41, 5.74) is 1.12. The predicted molar refractivity (Wildman–Crippen MR) is 80.0 cm³/mol. The lowest BCUT2D eigenvalue weighted by Crippen LogP contribution is -2.14. The minimum absolute atomic E-state index is 0.0476. The van der Waals surface area contributed by atoms with Crippen molar-refractivity contribution in [2.24, 2.45) is 0 Å². The molecule has 0 saturated heterocycles. The molecule has 2 rings (SSSR count). The van der Waals surface area contributed by atoms with E-state index in [1.165, 1.54) is 29.7 Å². The van der Waals surface area contributed by atoms with Gasteiger partial charge in [-0.15, -0.1) is 11.3 Å². The standard InChI is InChI=1S/C14H12N2O4S/c1-8(17)15-10-4-2-3-9(5-10)13(18)16-12-7-21-6-11(12)14(19)20/h2-7H,1H3,(H,15,17)(H,16,18)(H,19,20). The Bertz CT molecular complexity index is 709. The van der Waals surface area contributed by atoms with Gasteiger partial charge in [-0.3, -0.25) is 9.59 Å². The molecule has 0 atom stereocenters. The van der Waals surface area contributed by atoms with E-state index in [1.807, 2.05) is 0 Å². The first-order chi connectivity index (χ1) is 9.97. The van der Waals surface area contributed by atoms with Crippen molar-refractivity contribution in [3.05, 3.63) is 46.2 Å². The fourth-order valence-corrected chi connectivity index (χ4v) is 2.45. The molecular weight excluding hydrogens is 292 g/mol. The summed E-state index contributed by atoms with van der Waals surface area (Å²) in [6.45, 7) is 1.37. The maximum absolute atomic E-state index is 12.1. The van der Waals surface area contributed by atoms with Crippen molar-refractivity contribution in [1.82, 2.24) is 0 Å². The Morgan fingerprint density at radius 2 is 1.90 bits per heavy atom. The van der Waals surface area contributed by atoms with Crippen LogP contribution in [0.4, 0.5) is 11.4 Å². The van der Waals surface area contributed by atoms with Crippen molar-refractivity contribution < 1.29 is 19.5 Å². The van der Waals surface area contributed by atoms with Gasteiger partial charge in [-0.25, -0.2) is 4.79 Å². The van der Waals surface area contributed by atoms with Crippen LogP contribution in [0.5, 0.6) is 0 Å². The van der Waals surface area contributed by atoms with Crippen LogP contribution in [0.25, 0.3) is 0 Å². The fraction of sp³-hybridized carbons (Fsp3) is 0.0714. The van der Waals surface area contributed by atoms with Gasteiger partial charge in [0.2, 0.25) is 5.91 Å². The second kappa shape index (κ2) is 6.19. The highest BCUT2D eigenvalue weighted by Gasteiger charge is 2.14. The molecule has 7 heteroatoms. The molecular formula is C14H12N2O4S. The van der Waals surface area contributed by atoms with Crippen molar-refractivity contribution in [2.45, 2.75) is 6.92 Å². The Hall–Kier alpha value is -2.67. The molecule has 0 aliphatic carbocycles. The molecule has 0 aliphatic rings. The lowest BCUT2D eigenvalue weighted by atomic mass is 10.1. The molecule has 0 saturated carbocycles. The number of amides is 2. The zero-order valence-electron chi connectivity index (χ0n) is 11.0. The largest absolute Gasteiger partial charge is 0.478 e. The molecule has 0 bridgehead atoms. The van der Waals surface area contributed by atoms with Crippen molar-refractivity contribution in [3.63, 3.8) is 0 Å². The molecule has 0 fully saturated rings. The fourth-order valence-electron chi connectivity index (χ4n) is 1.70. The van der Waals surface area contributed by atoms with Crippen LogP contribution in [-0.2, 0) is 4.79 Å². The Balaban J connectivity index is 2.18. The molecule has 0 aliphatic heterocycles. The lowest BCUT2D eigenvalue weighted by molar-refractivity contribution is -0.114. The van der Waals surface area contributed by atoms with Crippen molar-refractivity contribution in [1.29, 1.82) is 0 Å². The highest BCUT2D eigenvalue weighted by atomic mass is 32.1. The summed E-state index contributed by atoms with van der Waals surface area (Å²) in [6, 6.07) is 6.38. The molecule has 21 heavy (non-hydrogen) atoms. The van der Waals surface area contributed by atoms with E-state index in [2.05, 4.69) is 10.6 Å². The van der Waals surface area contributed by atoms with Crippen LogP contribution in [0.2, 0.25) is 0 Å². The third-order valence-corrected chi connectivity index (χ3v) is 3.33. The SMILES string of the molecule is CC(=O)Nc1cccc(C(=O)Nc2cscc2C(=O)O)c1. The minimum Gasteiger partial charge on any atom is -0.478 e. The maximum Gasteiger partial charge on any atom is 0.338 e. The molecule has 0 unspecified atom stereocenters. The second-order valence-corrected chi connectivity index (χ2v) is 4.96. The van der Waals surface area contributed by atoms with Gasteiger partial charge >= 0.3 is 5.97 Å². The smallest absolute Gasteiger partial charge is 0.338 e. The predicted octanol–water partition coefficient (Wildman–Crippen LogP) is 2.66. The quantitative estimate of drug-likeness (QED) is 0.809. The number of benzene rings is 1. The number of nitrogens with one attached hydrogen (secondary N) is 2. The van der Waals surface area contributed by atoms with Gasteiger partial charge in [0, 0.05) is 28.9 Å². The van der Waals surface area contributed by atoms with Crippen molar-refractivity contribution in [2.75, 3.05) is 10.6 Å². The second-order valence-electron chi connectivity index (χ2n) is 4.22. The van der Waals surface area contributed by atoms with Gasteiger partial charge in [-0.1, -0.05) is 6.07 Å². The van der Waals surface area contributed by atoms with E-state index in [9.17, 15) is 14.4 Å². The number of carbonyl (C=O) groups excluding carboxylic acids is 2. The monoisotopic (exact) mass is 304 g/mol. The van der Waals surface area contributed by atoms with Crippen LogP contribution < -0.4 is 10.6 Å². The van der Waals surface area contributed by atoms with Crippen LogP contribution in [0, 0.1) is 0 Å². The summed E-state index contributed by atoms with van der Waals surface area (Å²) in [5, 5.41) is 17.1. The summed E-state index contributed by atoms with van der Waals surface area (Å²) >= 11 is 1.19. The van der Waals surface area contributed by atoms with E-state index < -0.39 is 11.9 Å². The third kappa shape index (κ3) is 3.67. The summed E-state index contributed by atoms with van der Waals surface area (Å²) in [6.07, 6.45) is 0. The van der Waals surface area contributed by atoms with Crippen LogP contribution in [0.1, 0.15) is 27.6 Å². The highest BCUT2D eigenvalue weighted by molar-refractivity contribution is 7.08. The van der Waals surface area contributed by atoms with Crippen LogP contribution in [-0.4, -0.2) is 22.9 Å². The average Bonchev–Trinajstić information content (AvgIpc) is 2.86. The van der Waals surface area contributed by atoms with Gasteiger partial charge in [0.05, 0.1) is 11.3 Å². The zero-order chi connectivity index (χ0) is 15.4. The van der Waals surface area contributed by atoms with Crippen LogP contribution in [0.15, 0.2) is 35.0 Å². The molecule has 1 heterocycles. The molecule has 0 spiro atoms. The number of thiophene rings is 1. The van der Waals surface area contributed by atoms with Crippen LogP contribution >= 0.6 is 11.3 Å². The topological polar surface area (TPSA) is 95.5 Å². The number of hydrogen-bond donors (Lipinski definition) is 3. The Kier molecular flexibility index (Phi) is 4.34. The van der Waals surface area contributed by atoms with Gasteiger partial charge in [0.25, 0.3) is 5.91 Å². The summed E-state index contributed by atoms with van der Waals surface area (Å²) < 4.78 is 0. The molecule has 2 amide bonds. The lowest BCUT2D eigenvalue weighted by Gasteiger charge is -2.07. The van der Waals surface area contributed by atoms with Gasteiger partial charge in [-0.05, 0) is 18.2 Å². The number of carboxylic acid groups (broad SMARTS) is 1. The van der Waals surface area contributed by atoms with Gasteiger partial charge in [0.15, 0.2) is 0 Å². The number of hydrogen-bond acceptors (Lipinski definition) is 4. The molecule has 108 valence electrons. The first-order valence-corrected chi connectivity index (χ1v) is 6.90. The Labute approximate surface area is 124 Å². The Morgan fingerprint density at radius 3 is 2.57 bits per heavy atom. The molecule has 1 aromatic carbocycles. The van der Waals surface area contributed by atoms with E-state index in [0.717, 1.165) is 0 Å². The minimum atomic E-state index is -1.10. The Morgan fingerprint density at radius 1 is 1.14 bits per heavy atom. The average molecular weight is 304 g/mol. The third-order valence-electron chi connectivity index (χ3n) is 2.59. The van der Waals surface area contributed by atoms with Crippen molar-refractivity contribution >= 4 is 40.5 Å². The number of anilines is 2. The number of aromatic carboxylic acids is 1. The van der Waals surface area contributed by atoms with E-state index in [4.69, 9.17) is 5.11 Å². The van der Waals surface area contributed by atoms with E-state index in [0.29, 0.717) is 11.3 Å². The van der Waals surface area contributed by atoms with Crippen molar-refractivity contribution in [3.8, 4) is 0 Å². The first-order valence-electron chi connectivity index (χ1n) is 5.96. The molecule has 0 radical (unpaired) electrons. The summed E-state index contributed by atoms with van der Waals surface area (Å²) in [4.78, 5) is 34.1. The normalized spacial score (nSPS) is 9.95. The summed E-state index contributed by atoms with van der Waals surface area (Å²) in [5.74, 6) is -1.78. The van der Waals surface area contributed by atoms with E-state index in [1.54, 1.807) is 23.6 Å². The van der Waals surface area contributed by atoms with Gasteiger partial charge in [-0.2, -0.15) is 0 Å². The number of carboxylic acids is 1. The molecule has 2 aromatic rings. The van der Waals surface area contributed by atoms with Gasteiger partial charge in [0.1, 0.15) is 0 Å².